The highest BCUT2D eigenvalue weighted by atomic mass is 16.5. The predicted molar refractivity (Wildman–Crippen MR) is 107 cm³/mol. The maximum absolute atomic E-state index is 12.5. The van der Waals surface area contributed by atoms with Gasteiger partial charge in [0.1, 0.15) is 11.6 Å². The van der Waals surface area contributed by atoms with Gasteiger partial charge in [0, 0.05) is 18.2 Å². The third kappa shape index (κ3) is 3.43. The van der Waals surface area contributed by atoms with Crippen LogP contribution >= 0.6 is 0 Å². The SMILES string of the molecule is O=C(Nc1cc(Nc2ccccc2OC2CC2)c2c(=O)[nH]ccc2n1)C1CC1. The van der Waals surface area contributed by atoms with Crippen LogP contribution in [0.25, 0.3) is 10.9 Å². The lowest BCUT2D eigenvalue weighted by atomic mass is 10.2. The minimum Gasteiger partial charge on any atom is -0.488 e. The van der Waals surface area contributed by atoms with Crippen LogP contribution < -0.4 is 20.9 Å². The van der Waals surface area contributed by atoms with Crippen molar-refractivity contribution in [3.8, 4) is 5.75 Å². The van der Waals surface area contributed by atoms with E-state index in [1.165, 1.54) is 0 Å². The fraction of sp³-hybridized carbons (Fsp3) is 0.286. The number of nitrogens with zero attached hydrogens (tertiary/aromatic N) is 1. The normalized spacial score (nSPS) is 16.0. The van der Waals surface area contributed by atoms with Crippen molar-refractivity contribution in [1.29, 1.82) is 0 Å². The number of aromatic amines is 1. The van der Waals surface area contributed by atoms with Gasteiger partial charge in [0.05, 0.1) is 28.4 Å². The van der Waals surface area contributed by atoms with Crippen molar-refractivity contribution in [2.45, 2.75) is 31.8 Å². The van der Waals surface area contributed by atoms with Crippen molar-refractivity contribution < 1.29 is 9.53 Å². The molecule has 2 fully saturated rings. The number of fused-ring (bicyclic) bond motifs is 1. The molecule has 1 aromatic carbocycles. The van der Waals surface area contributed by atoms with Crippen molar-refractivity contribution >= 4 is 34.0 Å². The smallest absolute Gasteiger partial charge is 0.259 e. The largest absolute Gasteiger partial charge is 0.488 e. The Morgan fingerprint density at radius 1 is 1.11 bits per heavy atom. The zero-order valence-electron chi connectivity index (χ0n) is 15.2. The standard InChI is InChI=1S/C21H20N4O3/c26-20(12-5-6-12)25-18-11-16(19-15(24-18)9-10-22-21(19)27)23-14-3-1-2-4-17(14)28-13-7-8-13/h1-4,9-13H,5-8H2,(H,22,27)(H2,23,24,25,26). The van der Waals surface area contributed by atoms with Gasteiger partial charge >= 0.3 is 0 Å². The number of benzene rings is 1. The maximum Gasteiger partial charge on any atom is 0.259 e. The Hall–Kier alpha value is -3.35. The Labute approximate surface area is 161 Å². The van der Waals surface area contributed by atoms with Crippen molar-refractivity contribution in [1.82, 2.24) is 9.97 Å². The summed E-state index contributed by atoms with van der Waals surface area (Å²) in [5.74, 6) is 1.21. The molecule has 2 aliphatic rings. The van der Waals surface area contributed by atoms with Crippen molar-refractivity contribution in [2.24, 2.45) is 5.92 Å². The van der Waals surface area contributed by atoms with E-state index in [4.69, 9.17) is 4.74 Å². The molecule has 0 bridgehead atoms. The van der Waals surface area contributed by atoms with Crippen LogP contribution in [0, 0.1) is 5.92 Å². The molecule has 2 aromatic heterocycles. The van der Waals surface area contributed by atoms with Gasteiger partial charge in [-0.05, 0) is 43.9 Å². The molecule has 0 radical (unpaired) electrons. The molecule has 0 atom stereocenters. The van der Waals surface area contributed by atoms with Crippen LogP contribution in [-0.2, 0) is 4.79 Å². The van der Waals surface area contributed by atoms with Crippen LogP contribution in [-0.4, -0.2) is 22.0 Å². The first-order valence-corrected chi connectivity index (χ1v) is 9.53. The lowest BCUT2D eigenvalue weighted by Crippen LogP contribution is -2.16. The summed E-state index contributed by atoms with van der Waals surface area (Å²) in [5, 5.41) is 6.61. The number of nitrogens with one attached hydrogen (secondary N) is 3. The van der Waals surface area contributed by atoms with E-state index >= 15 is 0 Å². The summed E-state index contributed by atoms with van der Waals surface area (Å²) >= 11 is 0. The molecule has 3 aromatic rings. The third-order valence-corrected chi connectivity index (χ3v) is 4.90. The van der Waals surface area contributed by atoms with Gasteiger partial charge in [-0.15, -0.1) is 0 Å². The molecule has 0 spiro atoms. The van der Waals surface area contributed by atoms with Gasteiger partial charge in [-0.1, -0.05) is 12.1 Å². The summed E-state index contributed by atoms with van der Waals surface area (Å²) < 4.78 is 5.97. The van der Waals surface area contributed by atoms with Crippen molar-refractivity contribution in [2.75, 3.05) is 10.6 Å². The average Bonchev–Trinajstić information content (AvgIpc) is 3.57. The fourth-order valence-electron chi connectivity index (χ4n) is 3.11. The van der Waals surface area contributed by atoms with Gasteiger partial charge < -0.3 is 20.4 Å². The van der Waals surface area contributed by atoms with E-state index in [0.29, 0.717) is 22.4 Å². The molecule has 5 rings (SSSR count). The molecule has 28 heavy (non-hydrogen) atoms. The van der Waals surface area contributed by atoms with E-state index in [2.05, 4.69) is 20.6 Å². The Balaban J connectivity index is 1.55. The van der Waals surface area contributed by atoms with E-state index in [1.807, 2.05) is 24.3 Å². The number of H-pyrrole nitrogens is 1. The summed E-state index contributed by atoms with van der Waals surface area (Å²) in [7, 11) is 0. The summed E-state index contributed by atoms with van der Waals surface area (Å²) in [4.78, 5) is 31.8. The number of ether oxygens (including phenoxy) is 1. The Bertz CT molecular complexity index is 1120. The molecule has 7 nitrogen and oxygen atoms in total. The maximum atomic E-state index is 12.5. The molecule has 3 N–H and O–H groups in total. The molecular weight excluding hydrogens is 356 g/mol. The number of pyridine rings is 2. The van der Waals surface area contributed by atoms with Gasteiger partial charge in [0.2, 0.25) is 5.91 Å². The number of hydrogen-bond acceptors (Lipinski definition) is 5. The van der Waals surface area contributed by atoms with E-state index in [0.717, 1.165) is 37.1 Å². The molecule has 0 saturated heterocycles. The van der Waals surface area contributed by atoms with Crippen molar-refractivity contribution in [3.63, 3.8) is 0 Å². The second-order valence-corrected chi connectivity index (χ2v) is 7.32. The Kier molecular flexibility index (Phi) is 4.00. The molecule has 0 unspecified atom stereocenters. The number of anilines is 3. The Morgan fingerprint density at radius 2 is 1.93 bits per heavy atom. The molecule has 142 valence electrons. The number of hydrogen-bond donors (Lipinski definition) is 3. The van der Waals surface area contributed by atoms with Crippen LogP contribution in [0.2, 0.25) is 0 Å². The second-order valence-electron chi connectivity index (χ2n) is 7.32. The second kappa shape index (κ2) is 6.67. The lowest BCUT2D eigenvalue weighted by molar-refractivity contribution is -0.117. The molecule has 2 aliphatic carbocycles. The number of carbonyl (C=O) groups is 1. The van der Waals surface area contributed by atoms with Crippen LogP contribution in [0.1, 0.15) is 25.7 Å². The first-order chi connectivity index (χ1) is 13.7. The minimum absolute atomic E-state index is 0.0277. The number of rotatable bonds is 6. The number of aromatic nitrogens is 2. The Morgan fingerprint density at radius 3 is 2.71 bits per heavy atom. The fourth-order valence-corrected chi connectivity index (χ4v) is 3.11. The molecule has 0 aliphatic heterocycles. The van der Waals surface area contributed by atoms with Gasteiger partial charge in [0.25, 0.3) is 5.56 Å². The summed E-state index contributed by atoms with van der Waals surface area (Å²) in [6.45, 7) is 0. The van der Waals surface area contributed by atoms with Gasteiger partial charge in [-0.25, -0.2) is 4.98 Å². The van der Waals surface area contributed by atoms with E-state index in [-0.39, 0.29) is 23.5 Å². The quantitative estimate of drug-likeness (QED) is 0.611. The first-order valence-electron chi connectivity index (χ1n) is 9.53. The lowest BCUT2D eigenvalue weighted by Gasteiger charge is -2.15. The molecule has 2 heterocycles. The van der Waals surface area contributed by atoms with E-state index in [1.54, 1.807) is 18.3 Å². The monoisotopic (exact) mass is 376 g/mol. The summed E-state index contributed by atoms with van der Waals surface area (Å²) in [6, 6.07) is 11.1. The highest BCUT2D eigenvalue weighted by molar-refractivity contribution is 5.98. The first kappa shape index (κ1) is 16.8. The molecular formula is C21H20N4O3. The highest BCUT2D eigenvalue weighted by Gasteiger charge is 2.30. The average molecular weight is 376 g/mol. The van der Waals surface area contributed by atoms with Gasteiger partial charge in [-0.3, -0.25) is 9.59 Å². The molecule has 7 heteroatoms. The number of amides is 1. The summed E-state index contributed by atoms with van der Waals surface area (Å²) in [5.41, 5.74) is 1.61. The van der Waals surface area contributed by atoms with Crippen molar-refractivity contribution in [3.05, 3.63) is 52.9 Å². The highest BCUT2D eigenvalue weighted by Crippen LogP contribution is 2.35. The van der Waals surface area contributed by atoms with Crippen LogP contribution in [0.3, 0.4) is 0 Å². The van der Waals surface area contributed by atoms with E-state index in [9.17, 15) is 9.59 Å². The summed E-state index contributed by atoms with van der Waals surface area (Å²) in [6.07, 6.45) is 5.76. The number of carbonyl (C=O) groups excluding carboxylic acids is 1. The van der Waals surface area contributed by atoms with Crippen LogP contribution in [0.5, 0.6) is 5.75 Å². The van der Waals surface area contributed by atoms with Gasteiger partial charge in [-0.2, -0.15) is 0 Å². The zero-order chi connectivity index (χ0) is 19.1. The van der Waals surface area contributed by atoms with Gasteiger partial charge in [0.15, 0.2) is 0 Å². The topological polar surface area (TPSA) is 96.1 Å². The van der Waals surface area contributed by atoms with Crippen LogP contribution in [0.15, 0.2) is 47.4 Å². The third-order valence-electron chi connectivity index (χ3n) is 4.90. The predicted octanol–water partition coefficient (Wildman–Crippen LogP) is 3.56. The molecule has 2 saturated carbocycles. The van der Waals surface area contributed by atoms with Crippen LogP contribution in [0.4, 0.5) is 17.2 Å². The number of para-hydroxylation sites is 2. The van der Waals surface area contributed by atoms with E-state index < -0.39 is 0 Å². The molecule has 1 amide bonds. The zero-order valence-corrected chi connectivity index (χ0v) is 15.2. The minimum atomic E-state index is -0.242.